The number of benzene rings is 1. The quantitative estimate of drug-likeness (QED) is 0.474. The van der Waals surface area contributed by atoms with Gasteiger partial charge in [-0.05, 0) is 41.5 Å². The largest absolute Gasteiger partial charge is 0.297 e. The lowest BCUT2D eigenvalue weighted by molar-refractivity contribution is -0.104. The molecule has 0 aromatic heterocycles. The van der Waals surface area contributed by atoms with Crippen molar-refractivity contribution in [2.75, 3.05) is 0 Å². The molecule has 1 aromatic carbocycles. The highest BCUT2D eigenvalue weighted by Gasteiger charge is 1.98. The van der Waals surface area contributed by atoms with E-state index in [1.165, 1.54) is 5.56 Å². The van der Waals surface area contributed by atoms with Crippen LogP contribution in [-0.4, -0.2) is 6.29 Å². The van der Waals surface area contributed by atoms with E-state index in [1.807, 2.05) is 25.1 Å². The first-order valence-electron chi connectivity index (χ1n) is 4.08. The van der Waals surface area contributed by atoms with E-state index in [-0.39, 0.29) is 0 Å². The zero-order valence-corrected chi connectivity index (χ0v) is 9.61. The van der Waals surface area contributed by atoms with Gasteiger partial charge in [0.2, 0.25) is 0 Å². The molecule has 0 aliphatic rings. The maximum atomic E-state index is 10.5. The van der Waals surface area contributed by atoms with Crippen molar-refractivity contribution in [3.8, 4) is 0 Å². The number of carbonyl (C=O) groups excluding carboxylic acids is 1. The molecule has 0 aliphatic heterocycles. The minimum absolute atomic E-state index is 0.807. The van der Waals surface area contributed by atoms with E-state index in [0.29, 0.717) is 0 Å². The fourth-order valence-electron chi connectivity index (χ4n) is 1.09. The van der Waals surface area contributed by atoms with Gasteiger partial charge in [0, 0.05) is 0 Å². The zero-order valence-electron chi connectivity index (χ0n) is 7.46. The van der Waals surface area contributed by atoms with Gasteiger partial charge in [0.15, 0.2) is 6.29 Å². The van der Waals surface area contributed by atoms with Crippen LogP contribution in [0.15, 0.2) is 39.5 Å². The summed E-state index contributed by atoms with van der Waals surface area (Å²) < 4.78 is 0.807. The van der Waals surface area contributed by atoms with Gasteiger partial charge < -0.3 is 0 Å². The third kappa shape index (κ3) is 3.30. The normalized spacial score (nSPS) is 12.2. The minimum atomic E-state index is 0.807. The second-order valence-corrected chi connectivity index (χ2v) is 4.07. The van der Waals surface area contributed by atoms with Crippen LogP contribution in [0.2, 0.25) is 0 Å². The molecule has 1 nitrogen and oxygen atoms in total. The van der Waals surface area contributed by atoms with Crippen LogP contribution in [0.1, 0.15) is 12.5 Å². The number of aldehydes is 1. The summed E-state index contributed by atoms with van der Waals surface area (Å²) in [5, 5.41) is 0. The van der Waals surface area contributed by atoms with Crippen LogP contribution >= 0.6 is 22.6 Å². The van der Waals surface area contributed by atoms with Gasteiger partial charge in [-0.3, -0.25) is 4.79 Å². The van der Waals surface area contributed by atoms with Crippen molar-refractivity contribution in [3.63, 3.8) is 0 Å². The van der Waals surface area contributed by atoms with Crippen LogP contribution in [0.3, 0.4) is 0 Å². The van der Waals surface area contributed by atoms with Crippen molar-refractivity contribution in [2.45, 2.75) is 13.3 Å². The maximum Gasteiger partial charge on any atom is 0.156 e. The van der Waals surface area contributed by atoms with Gasteiger partial charge in [-0.25, -0.2) is 0 Å². The highest BCUT2D eigenvalue weighted by molar-refractivity contribution is 14.1. The summed E-state index contributed by atoms with van der Waals surface area (Å²) in [6, 6.07) is 10.1. The summed E-state index contributed by atoms with van der Waals surface area (Å²) in [5.74, 6) is 0. The van der Waals surface area contributed by atoms with E-state index >= 15 is 0 Å². The van der Waals surface area contributed by atoms with Gasteiger partial charge in [-0.1, -0.05) is 35.9 Å². The van der Waals surface area contributed by atoms with Gasteiger partial charge in [0.1, 0.15) is 0 Å². The van der Waals surface area contributed by atoms with E-state index in [4.69, 9.17) is 0 Å². The number of allylic oxidation sites excluding steroid dienone is 2. The lowest BCUT2D eigenvalue weighted by Gasteiger charge is -2.01. The first-order valence-corrected chi connectivity index (χ1v) is 5.16. The molecule has 0 saturated heterocycles. The second kappa shape index (κ2) is 5.17. The predicted molar refractivity (Wildman–Crippen MR) is 62.9 cm³/mol. The number of halogens is 1. The summed E-state index contributed by atoms with van der Waals surface area (Å²) >= 11 is 2.07. The molecule has 0 N–H and O–H groups in total. The summed E-state index contributed by atoms with van der Waals surface area (Å²) in [6.07, 6.45) is 1.76. The molecular weight excluding hydrogens is 275 g/mol. The molecular formula is C11H11IO. The van der Waals surface area contributed by atoms with Crippen LogP contribution in [0, 0.1) is 0 Å². The summed E-state index contributed by atoms with van der Waals surface area (Å²) in [4.78, 5) is 10.5. The van der Waals surface area contributed by atoms with Crippen molar-refractivity contribution in [1.82, 2.24) is 0 Å². The Balaban J connectivity index is 2.76. The third-order valence-corrected chi connectivity index (χ3v) is 3.00. The van der Waals surface area contributed by atoms with Crippen LogP contribution in [0.25, 0.3) is 0 Å². The number of rotatable bonds is 3. The molecule has 0 radical (unpaired) electrons. The topological polar surface area (TPSA) is 17.1 Å². The molecule has 1 aromatic rings. The van der Waals surface area contributed by atoms with Gasteiger partial charge in [-0.2, -0.15) is 0 Å². The van der Waals surface area contributed by atoms with Crippen molar-refractivity contribution in [2.24, 2.45) is 0 Å². The number of hydrogen-bond acceptors (Lipinski definition) is 1. The zero-order chi connectivity index (χ0) is 9.68. The van der Waals surface area contributed by atoms with Crippen LogP contribution in [-0.2, 0) is 11.2 Å². The summed E-state index contributed by atoms with van der Waals surface area (Å²) in [7, 11) is 0. The van der Waals surface area contributed by atoms with Gasteiger partial charge in [0.25, 0.3) is 0 Å². The molecule has 0 bridgehead atoms. The Morgan fingerprint density at radius 2 is 2.00 bits per heavy atom. The molecule has 0 aliphatic carbocycles. The molecule has 0 unspecified atom stereocenters. The predicted octanol–water partition coefficient (Wildman–Crippen LogP) is 3.14. The lowest BCUT2D eigenvalue weighted by Crippen LogP contribution is -1.89. The average Bonchev–Trinajstić information content (AvgIpc) is 2.18. The van der Waals surface area contributed by atoms with Gasteiger partial charge in [-0.15, -0.1) is 0 Å². The van der Waals surface area contributed by atoms with Crippen LogP contribution in [0.4, 0.5) is 0 Å². The lowest BCUT2D eigenvalue weighted by atomic mass is 10.1. The summed E-state index contributed by atoms with van der Waals surface area (Å²) in [5.41, 5.74) is 2.37. The van der Waals surface area contributed by atoms with Crippen LogP contribution < -0.4 is 0 Å². The Kier molecular flexibility index (Phi) is 4.15. The molecule has 0 atom stereocenters. The second-order valence-electron chi connectivity index (χ2n) is 2.91. The standard InChI is InChI=1S/C11H11IO/c1-9(11(12)8-13)7-10-5-3-2-4-6-10/h2-6,8H,7H2,1H3/b11-9-. The fourth-order valence-corrected chi connectivity index (χ4v) is 1.28. The number of hydrogen-bond donors (Lipinski definition) is 0. The van der Waals surface area contributed by atoms with Crippen molar-refractivity contribution in [3.05, 3.63) is 45.0 Å². The molecule has 13 heavy (non-hydrogen) atoms. The first-order chi connectivity index (χ1) is 6.24. The molecule has 0 spiro atoms. The number of carbonyl (C=O) groups is 1. The Labute approximate surface area is 92.0 Å². The maximum absolute atomic E-state index is 10.5. The van der Waals surface area contributed by atoms with Crippen LogP contribution in [0.5, 0.6) is 0 Å². The smallest absolute Gasteiger partial charge is 0.156 e. The van der Waals surface area contributed by atoms with E-state index < -0.39 is 0 Å². The molecule has 0 saturated carbocycles. The van der Waals surface area contributed by atoms with Gasteiger partial charge >= 0.3 is 0 Å². The Morgan fingerprint density at radius 3 is 2.54 bits per heavy atom. The molecule has 0 fully saturated rings. The van der Waals surface area contributed by atoms with Gasteiger partial charge in [0.05, 0.1) is 3.58 Å². The molecule has 1 rings (SSSR count). The van der Waals surface area contributed by atoms with Crippen molar-refractivity contribution >= 4 is 28.9 Å². The van der Waals surface area contributed by atoms with E-state index in [1.54, 1.807) is 0 Å². The Bertz CT molecular complexity index is 314. The molecule has 68 valence electrons. The Hall–Kier alpha value is -0.640. The Morgan fingerprint density at radius 1 is 1.38 bits per heavy atom. The van der Waals surface area contributed by atoms with Crippen molar-refractivity contribution < 1.29 is 4.79 Å². The first kappa shape index (κ1) is 10.4. The highest BCUT2D eigenvalue weighted by atomic mass is 127. The monoisotopic (exact) mass is 286 g/mol. The van der Waals surface area contributed by atoms with Crippen molar-refractivity contribution in [1.29, 1.82) is 0 Å². The summed E-state index contributed by atoms with van der Waals surface area (Å²) in [6.45, 7) is 1.99. The third-order valence-electron chi connectivity index (χ3n) is 1.82. The van der Waals surface area contributed by atoms with E-state index in [9.17, 15) is 4.79 Å². The fraction of sp³-hybridized carbons (Fsp3) is 0.182. The molecule has 2 heteroatoms. The minimum Gasteiger partial charge on any atom is -0.297 e. The highest BCUT2D eigenvalue weighted by Crippen LogP contribution is 2.14. The van der Waals surface area contributed by atoms with E-state index in [2.05, 4.69) is 34.7 Å². The van der Waals surface area contributed by atoms with E-state index in [0.717, 1.165) is 21.9 Å². The molecule has 0 amide bonds. The SMILES string of the molecule is C/C(Cc1ccccc1)=C(/I)C=O. The molecule has 0 heterocycles. The average molecular weight is 286 g/mol.